The molecule has 0 aromatic heterocycles. The predicted molar refractivity (Wildman–Crippen MR) is 72.6 cm³/mol. The van der Waals surface area contributed by atoms with Gasteiger partial charge in [0.05, 0.1) is 0 Å². The van der Waals surface area contributed by atoms with Crippen LogP contribution in [0.15, 0.2) is 18.2 Å². The minimum absolute atomic E-state index is 0.109. The Morgan fingerprint density at radius 3 is 2.67 bits per heavy atom. The molecule has 0 spiro atoms. The van der Waals surface area contributed by atoms with Crippen LogP contribution in [0.3, 0.4) is 0 Å². The van der Waals surface area contributed by atoms with Gasteiger partial charge < -0.3 is 5.73 Å². The third-order valence-corrected chi connectivity index (χ3v) is 3.61. The maximum atomic E-state index is 14.1. The molecular weight excluding hydrogens is 227 g/mol. The number of rotatable bonds is 7. The van der Waals surface area contributed by atoms with Crippen LogP contribution < -0.4 is 5.73 Å². The van der Waals surface area contributed by atoms with E-state index in [1.54, 1.807) is 6.07 Å². The van der Waals surface area contributed by atoms with Gasteiger partial charge in [-0.15, -0.1) is 0 Å². The van der Waals surface area contributed by atoms with Gasteiger partial charge in [0.25, 0.3) is 0 Å². The highest BCUT2D eigenvalue weighted by Gasteiger charge is 2.28. The van der Waals surface area contributed by atoms with E-state index in [0.29, 0.717) is 11.6 Å². The van der Waals surface area contributed by atoms with E-state index in [9.17, 15) is 4.39 Å². The molecule has 1 aromatic carbocycles. The van der Waals surface area contributed by atoms with E-state index in [-0.39, 0.29) is 12.4 Å². The van der Waals surface area contributed by atoms with E-state index in [1.165, 1.54) is 25.7 Å². The number of unbranched alkanes of at least 4 members (excludes halogenated alkanes) is 1. The molecule has 3 heteroatoms. The molecule has 0 atom stereocenters. The molecule has 1 aromatic rings. The Bertz CT molecular complexity index is 388. The maximum Gasteiger partial charge on any atom is 0.132 e. The van der Waals surface area contributed by atoms with Gasteiger partial charge in [0.2, 0.25) is 0 Å². The summed E-state index contributed by atoms with van der Waals surface area (Å²) in [6, 6.07) is 6.24. The van der Waals surface area contributed by atoms with Gasteiger partial charge in [0.15, 0.2) is 0 Å². The van der Waals surface area contributed by atoms with Crippen LogP contribution in [0.2, 0.25) is 0 Å². The lowest BCUT2D eigenvalue weighted by atomic mass is 10.1. The number of nitrogens with zero attached hydrogens (tertiary/aromatic N) is 1. The van der Waals surface area contributed by atoms with Crippen LogP contribution in [-0.4, -0.2) is 17.5 Å². The molecule has 1 fully saturated rings. The van der Waals surface area contributed by atoms with Crippen molar-refractivity contribution in [1.29, 1.82) is 0 Å². The molecule has 0 saturated heterocycles. The summed E-state index contributed by atoms with van der Waals surface area (Å²) in [7, 11) is 0. The average Bonchev–Trinajstić information content (AvgIpc) is 3.20. The van der Waals surface area contributed by atoms with Crippen molar-refractivity contribution in [2.24, 2.45) is 5.73 Å². The van der Waals surface area contributed by atoms with E-state index in [4.69, 9.17) is 5.73 Å². The van der Waals surface area contributed by atoms with Crippen LogP contribution in [0.25, 0.3) is 0 Å². The third kappa shape index (κ3) is 3.30. The van der Waals surface area contributed by atoms with Crippen molar-refractivity contribution < 1.29 is 4.39 Å². The molecule has 1 saturated carbocycles. The monoisotopic (exact) mass is 250 g/mol. The van der Waals surface area contributed by atoms with Crippen molar-refractivity contribution in [2.45, 2.75) is 51.7 Å². The molecule has 100 valence electrons. The molecule has 1 aliphatic rings. The highest BCUT2D eigenvalue weighted by molar-refractivity contribution is 5.26. The molecule has 2 nitrogen and oxygen atoms in total. The summed E-state index contributed by atoms with van der Waals surface area (Å²) in [6.07, 6.45) is 4.91. The second-order valence-electron chi connectivity index (χ2n) is 5.15. The number of hydrogen-bond acceptors (Lipinski definition) is 2. The first-order valence-corrected chi connectivity index (χ1v) is 6.96. The van der Waals surface area contributed by atoms with Gasteiger partial charge in [-0.2, -0.15) is 0 Å². The van der Waals surface area contributed by atoms with Crippen molar-refractivity contribution in [3.05, 3.63) is 35.1 Å². The first-order valence-electron chi connectivity index (χ1n) is 6.96. The van der Waals surface area contributed by atoms with Crippen molar-refractivity contribution in [3.8, 4) is 0 Å². The molecule has 0 heterocycles. The van der Waals surface area contributed by atoms with Gasteiger partial charge in [0.1, 0.15) is 5.82 Å². The van der Waals surface area contributed by atoms with Crippen LogP contribution in [0.1, 0.15) is 43.7 Å². The fourth-order valence-electron chi connectivity index (χ4n) is 2.32. The molecule has 0 radical (unpaired) electrons. The van der Waals surface area contributed by atoms with E-state index >= 15 is 0 Å². The number of benzene rings is 1. The smallest absolute Gasteiger partial charge is 0.132 e. The first-order chi connectivity index (χ1) is 8.76. The van der Waals surface area contributed by atoms with Crippen LogP contribution >= 0.6 is 0 Å². The predicted octanol–water partition coefficient (Wildman–Crippen LogP) is 3.05. The zero-order valence-corrected chi connectivity index (χ0v) is 11.2. The van der Waals surface area contributed by atoms with Crippen LogP contribution in [0.4, 0.5) is 4.39 Å². The van der Waals surface area contributed by atoms with Gasteiger partial charge in [0, 0.05) is 30.3 Å². The lowest BCUT2D eigenvalue weighted by molar-refractivity contribution is 0.247. The minimum atomic E-state index is -0.109. The molecular formula is C15H23FN2. The van der Waals surface area contributed by atoms with Crippen LogP contribution in [0, 0.1) is 5.82 Å². The Kier molecular flexibility index (Phi) is 4.72. The summed E-state index contributed by atoms with van der Waals surface area (Å²) >= 11 is 0. The Labute approximate surface area is 109 Å². The summed E-state index contributed by atoms with van der Waals surface area (Å²) in [5.41, 5.74) is 6.97. The molecule has 0 unspecified atom stereocenters. The fourth-order valence-corrected chi connectivity index (χ4v) is 2.32. The van der Waals surface area contributed by atoms with Gasteiger partial charge >= 0.3 is 0 Å². The minimum Gasteiger partial charge on any atom is -0.326 e. The summed E-state index contributed by atoms with van der Waals surface area (Å²) in [5.74, 6) is -0.109. The number of halogens is 1. The normalized spacial score (nSPS) is 15.3. The highest BCUT2D eigenvalue weighted by Crippen LogP contribution is 2.29. The van der Waals surface area contributed by atoms with Crippen LogP contribution in [0.5, 0.6) is 0 Å². The van der Waals surface area contributed by atoms with E-state index in [0.717, 1.165) is 18.7 Å². The SMILES string of the molecule is CCCCN(Cc1cccc(CN)c1F)C1CC1. The fraction of sp³-hybridized carbons (Fsp3) is 0.600. The second-order valence-corrected chi connectivity index (χ2v) is 5.15. The van der Waals surface area contributed by atoms with Crippen molar-refractivity contribution >= 4 is 0 Å². The summed E-state index contributed by atoms with van der Waals surface area (Å²) in [5, 5.41) is 0. The Balaban J connectivity index is 2.06. The summed E-state index contributed by atoms with van der Waals surface area (Å²) in [6.45, 7) is 4.27. The van der Waals surface area contributed by atoms with E-state index in [2.05, 4.69) is 11.8 Å². The molecule has 0 bridgehead atoms. The zero-order chi connectivity index (χ0) is 13.0. The quantitative estimate of drug-likeness (QED) is 0.806. The average molecular weight is 250 g/mol. The van der Waals surface area contributed by atoms with Gasteiger partial charge in [-0.25, -0.2) is 4.39 Å². The third-order valence-electron chi connectivity index (χ3n) is 3.61. The lowest BCUT2D eigenvalue weighted by Crippen LogP contribution is -2.27. The standard InChI is InChI=1S/C15H23FN2/c1-2-3-9-18(14-7-8-14)11-13-6-4-5-12(10-17)15(13)16/h4-6,14H,2-3,7-11,17H2,1H3. The van der Waals surface area contributed by atoms with Crippen molar-refractivity contribution in [2.75, 3.05) is 6.54 Å². The largest absolute Gasteiger partial charge is 0.326 e. The number of hydrogen-bond donors (Lipinski definition) is 1. The van der Waals surface area contributed by atoms with Gasteiger partial charge in [-0.3, -0.25) is 4.90 Å². The van der Waals surface area contributed by atoms with E-state index < -0.39 is 0 Å². The summed E-state index contributed by atoms with van der Waals surface area (Å²) < 4.78 is 14.1. The number of nitrogens with two attached hydrogens (primary N) is 1. The van der Waals surface area contributed by atoms with E-state index in [1.807, 2.05) is 12.1 Å². The molecule has 0 aliphatic heterocycles. The zero-order valence-electron chi connectivity index (χ0n) is 11.2. The first kappa shape index (κ1) is 13.5. The topological polar surface area (TPSA) is 29.3 Å². The molecule has 1 aliphatic carbocycles. The Morgan fingerprint density at radius 1 is 1.33 bits per heavy atom. The molecule has 2 N–H and O–H groups in total. The second kappa shape index (κ2) is 6.30. The molecule has 18 heavy (non-hydrogen) atoms. The van der Waals surface area contributed by atoms with Crippen LogP contribution in [-0.2, 0) is 13.1 Å². The Hall–Kier alpha value is -0.930. The van der Waals surface area contributed by atoms with Crippen molar-refractivity contribution in [3.63, 3.8) is 0 Å². The lowest BCUT2D eigenvalue weighted by Gasteiger charge is -2.22. The summed E-state index contributed by atoms with van der Waals surface area (Å²) in [4.78, 5) is 2.42. The van der Waals surface area contributed by atoms with Gasteiger partial charge in [-0.05, 0) is 25.8 Å². The maximum absolute atomic E-state index is 14.1. The molecule has 2 rings (SSSR count). The van der Waals surface area contributed by atoms with Crippen molar-refractivity contribution in [1.82, 2.24) is 4.90 Å². The molecule has 0 amide bonds. The van der Waals surface area contributed by atoms with Gasteiger partial charge in [-0.1, -0.05) is 31.5 Å². The highest BCUT2D eigenvalue weighted by atomic mass is 19.1. The Morgan fingerprint density at radius 2 is 2.06 bits per heavy atom.